The van der Waals surface area contributed by atoms with Gasteiger partial charge in [-0.05, 0) is 78.5 Å². The lowest BCUT2D eigenvalue weighted by atomic mass is 9.65. The predicted octanol–water partition coefficient (Wildman–Crippen LogP) is 3.70. The molecule has 0 aromatic heterocycles. The first kappa shape index (κ1) is 21.8. The van der Waals surface area contributed by atoms with Crippen molar-refractivity contribution < 1.29 is 14.6 Å². The third-order valence-corrected chi connectivity index (χ3v) is 7.73. The van der Waals surface area contributed by atoms with E-state index in [-0.39, 0.29) is 11.3 Å². The Morgan fingerprint density at radius 1 is 1.23 bits per heavy atom. The Hall–Kier alpha value is -2.37. The highest BCUT2D eigenvalue weighted by Gasteiger charge is 2.46. The molecule has 1 saturated heterocycles. The molecule has 2 aromatic rings. The van der Waals surface area contributed by atoms with Gasteiger partial charge >= 0.3 is 0 Å². The van der Waals surface area contributed by atoms with Crippen molar-refractivity contribution in [1.29, 1.82) is 0 Å². The molecule has 2 fully saturated rings. The normalized spacial score (nSPS) is 31.1. The fourth-order valence-electron chi connectivity index (χ4n) is 5.43. The van der Waals surface area contributed by atoms with E-state index in [4.69, 9.17) is 10.5 Å². The molecule has 0 radical (unpaired) electrons. The number of piperidine rings is 1. The summed E-state index contributed by atoms with van der Waals surface area (Å²) in [5.41, 5.74) is 7.91. The number of likely N-dealkylation sites (tertiary alicyclic amines) is 1. The molecule has 5 heteroatoms. The van der Waals surface area contributed by atoms with Crippen molar-refractivity contribution in [2.24, 2.45) is 11.7 Å². The number of rotatable bonds is 6. The second-order valence-corrected chi connectivity index (χ2v) is 9.85. The SMILES string of the molecule is COc1ccc(C2CC(O)(CN3CC[C@](C)(c4cccc(C(N)=O)c4)[C@@H](C)C3)C2)cc1. The molecule has 2 aromatic carbocycles. The van der Waals surface area contributed by atoms with Gasteiger partial charge in [-0.25, -0.2) is 0 Å². The van der Waals surface area contributed by atoms with Crippen molar-refractivity contribution >= 4 is 5.91 Å². The Kier molecular flexibility index (Phi) is 5.84. The van der Waals surface area contributed by atoms with Gasteiger partial charge < -0.3 is 20.5 Å². The van der Waals surface area contributed by atoms with Crippen LogP contribution >= 0.6 is 0 Å². The molecule has 0 unspecified atom stereocenters. The summed E-state index contributed by atoms with van der Waals surface area (Å²) >= 11 is 0. The van der Waals surface area contributed by atoms with E-state index in [1.54, 1.807) is 13.2 Å². The summed E-state index contributed by atoms with van der Waals surface area (Å²) in [4.78, 5) is 14.0. The van der Waals surface area contributed by atoms with Crippen LogP contribution in [0.1, 0.15) is 60.5 Å². The molecule has 5 nitrogen and oxygen atoms in total. The van der Waals surface area contributed by atoms with Crippen molar-refractivity contribution in [2.45, 2.75) is 50.0 Å². The van der Waals surface area contributed by atoms with Gasteiger partial charge in [0, 0.05) is 18.7 Å². The number of methoxy groups -OCH3 is 1. The topological polar surface area (TPSA) is 75.8 Å². The number of hydrogen-bond donors (Lipinski definition) is 2. The lowest BCUT2D eigenvalue weighted by molar-refractivity contribution is -0.0815. The molecule has 1 amide bonds. The molecule has 2 aliphatic rings. The minimum atomic E-state index is -0.607. The van der Waals surface area contributed by atoms with E-state index < -0.39 is 5.60 Å². The number of primary amides is 1. The van der Waals surface area contributed by atoms with Gasteiger partial charge in [0.25, 0.3) is 0 Å². The maximum atomic E-state index is 11.6. The molecule has 0 bridgehead atoms. The van der Waals surface area contributed by atoms with E-state index in [1.165, 1.54) is 11.1 Å². The number of nitrogens with two attached hydrogens (primary N) is 1. The van der Waals surface area contributed by atoms with E-state index in [0.29, 0.717) is 17.4 Å². The predicted molar refractivity (Wildman–Crippen MR) is 122 cm³/mol. The minimum Gasteiger partial charge on any atom is -0.497 e. The van der Waals surface area contributed by atoms with Gasteiger partial charge in [0.1, 0.15) is 5.75 Å². The number of β-amino-alcohol motifs (C(OH)–C–C–N with tert-alkyl or cyclic N) is 1. The van der Waals surface area contributed by atoms with Crippen LogP contribution in [-0.2, 0) is 5.41 Å². The Balaban J connectivity index is 1.36. The molecule has 0 spiro atoms. The van der Waals surface area contributed by atoms with Crippen LogP contribution in [-0.4, -0.2) is 48.3 Å². The van der Waals surface area contributed by atoms with Gasteiger partial charge in [0.2, 0.25) is 5.91 Å². The summed E-state index contributed by atoms with van der Waals surface area (Å²) in [7, 11) is 1.68. The van der Waals surface area contributed by atoms with Crippen molar-refractivity contribution in [1.82, 2.24) is 4.90 Å². The molecule has 1 heterocycles. The number of nitrogens with zero attached hydrogens (tertiary/aromatic N) is 1. The fraction of sp³-hybridized carbons (Fsp3) is 0.500. The first-order valence-electron chi connectivity index (χ1n) is 11.2. The fourth-order valence-corrected chi connectivity index (χ4v) is 5.43. The van der Waals surface area contributed by atoms with Gasteiger partial charge in [0.15, 0.2) is 0 Å². The Morgan fingerprint density at radius 3 is 2.55 bits per heavy atom. The molecule has 166 valence electrons. The third kappa shape index (κ3) is 4.35. The molecule has 1 saturated carbocycles. The van der Waals surface area contributed by atoms with Crippen molar-refractivity contribution in [3.05, 3.63) is 65.2 Å². The Morgan fingerprint density at radius 2 is 1.94 bits per heavy atom. The zero-order valence-corrected chi connectivity index (χ0v) is 18.8. The Bertz CT molecular complexity index is 936. The molecular weight excluding hydrogens is 388 g/mol. The number of aliphatic hydroxyl groups is 1. The van der Waals surface area contributed by atoms with E-state index >= 15 is 0 Å². The van der Waals surface area contributed by atoms with Crippen LogP contribution in [0.5, 0.6) is 5.75 Å². The molecule has 4 rings (SSSR count). The van der Waals surface area contributed by atoms with Gasteiger partial charge in [-0.1, -0.05) is 38.1 Å². The summed E-state index contributed by atoms with van der Waals surface area (Å²) in [6.07, 6.45) is 2.61. The lowest BCUT2D eigenvalue weighted by Gasteiger charge is -2.50. The van der Waals surface area contributed by atoms with Crippen LogP contribution in [0.4, 0.5) is 0 Å². The van der Waals surface area contributed by atoms with E-state index in [0.717, 1.165) is 44.6 Å². The highest BCUT2D eigenvalue weighted by atomic mass is 16.5. The van der Waals surface area contributed by atoms with Crippen LogP contribution in [0.3, 0.4) is 0 Å². The molecule has 3 N–H and O–H groups in total. The zero-order valence-electron chi connectivity index (χ0n) is 18.8. The van der Waals surface area contributed by atoms with Gasteiger partial charge in [-0.3, -0.25) is 4.79 Å². The number of hydrogen-bond acceptors (Lipinski definition) is 4. The maximum Gasteiger partial charge on any atom is 0.248 e. The van der Waals surface area contributed by atoms with E-state index in [1.807, 2.05) is 24.3 Å². The summed E-state index contributed by atoms with van der Waals surface area (Å²) < 4.78 is 5.24. The number of ether oxygens (including phenoxy) is 1. The standard InChI is InChI=1S/C26H34N2O3/c1-18-16-28(12-11-25(18,2)22-6-4-5-20(13-22)24(27)29)17-26(30)14-21(15-26)19-7-9-23(31-3)10-8-19/h4-10,13,18,21,30H,11-12,14-17H2,1-3H3,(H2,27,29)/t18-,21?,25-,26?/m0/s1. The molecular formula is C26H34N2O3. The molecule has 31 heavy (non-hydrogen) atoms. The number of carbonyl (C=O) groups excluding carboxylic acids is 1. The summed E-state index contributed by atoms with van der Waals surface area (Å²) in [6, 6.07) is 16.0. The number of amides is 1. The number of benzene rings is 2. The third-order valence-electron chi connectivity index (χ3n) is 7.73. The van der Waals surface area contributed by atoms with Crippen LogP contribution in [0, 0.1) is 5.92 Å². The number of carbonyl (C=O) groups is 1. The first-order valence-corrected chi connectivity index (χ1v) is 11.2. The minimum absolute atomic E-state index is 0.00414. The van der Waals surface area contributed by atoms with Crippen LogP contribution < -0.4 is 10.5 Å². The molecule has 1 aliphatic carbocycles. The van der Waals surface area contributed by atoms with Crippen LogP contribution in [0.2, 0.25) is 0 Å². The smallest absolute Gasteiger partial charge is 0.248 e. The quantitative estimate of drug-likeness (QED) is 0.744. The highest BCUT2D eigenvalue weighted by molar-refractivity contribution is 5.92. The van der Waals surface area contributed by atoms with Crippen LogP contribution in [0.25, 0.3) is 0 Å². The van der Waals surface area contributed by atoms with Crippen molar-refractivity contribution in [2.75, 3.05) is 26.7 Å². The monoisotopic (exact) mass is 422 g/mol. The van der Waals surface area contributed by atoms with Crippen molar-refractivity contribution in [3.63, 3.8) is 0 Å². The van der Waals surface area contributed by atoms with E-state index in [2.05, 4.69) is 36.9 Å². The second-order valence-electron chi connectivity index (χ2n) is 9.85. The lowest BCUT2D eigenvalue weighted by Crippen LogP contribution is -2.56. The van der Waals surface area contributed by atoms with Crippen LogP contribution in [0.15, 0.2) is 48.5 Å². The molecule has 2 atom stereocenters. The van der Waals surface area contributed by atoms with Crippen molar-refractivity contribution in [3.8, 4) is 5.75 Å². The van der Waals surface area contributed by atoms with Gasteiger partial charge in [0.05, 0.1) is 12.7 Å². The highest BCUT2D eigenvalue weighted by Crippen LogP contribution is 2.47. The maximum absolute atomic E-state index is 11.6. The van der Waals surface area contributed by atoms with Gasteiger partial charge in [-0.2, -0.15) is 0 Å². The first-order chi connectivity index (χ1) is 14.7. The largest absolute Gasteiger partial charge is 0.497 e. The summed E-state index contributed by atoms with van der Waals surface area (Å²) in [5, 5.41) is 11.1. The Labute approximate surface area is 185 Å². The molecule has 1 aliphatic heterocycles. The van der Waals surface area contributed by atoms with E-state index in [9.17, 15) is 9.90 Å². The zero-order chi connectivity index (χ0) is 22.2. The second kappa shape index (κ2) is 8.29. The summed E-state index contributed by atoms with van der Waals surface area (Å²) in [6.45, 7) is 7.16. The summed E-state index contributed by atoms with van der Waals surface area (Å²) in [5.74, 6) is 1.31. The average Bonchev–Trinajstić information content (AvgIpc) is 2.75. The average molecular weight is 423 g/mol. The van der Waals surface area contributed by atoms with Gasteiger partial charge in [-0.15, -0.1) is 0 Å².